The number of aliphatic carboxylic acids is 1. The first kappa shape index (κ1) is 15.7. The second kappa shape index (κ2) is 7.30. The van der Waals surface area contributed by atoms with Crippen molar-refractivity contribution in [2.24, 2.45) is 10.7 Å². The molecule has 2 rings (SSSR count). The lowest BCUT2D eigenvalue weighted by Gasteiger charge is -1.98. The molecule has 0 unspecified atom stereocenters. The highest BCUT2D eigenvalue weighted by atomic mass is 35.5. The number of amidine groups is 1. The first-order valence-corrected chi connectivity index (χ1v) is 6.08. The molecule has 0 aliphatic rings. The molecule has 0 saturated carbocycles. The second-order valence-corrected chi connectivity index (χ2v) is 4.30. The van der Waals surface area contributed by atoms with Crippen molar-refractivity contribution < 1.29 is 9.90 Å². The smallest absolute Gasteiger partial charge is 0.300 e. The van der Waals surface area contributed by atoms with Crippen molar-refractivity contribution in [2.45, 2.75) is 13.8 Å². The van der Waals surface area contributed by atoms with Gasteiger partial charge in [-0.3, -0.25) is 9.89 Å². The maximum Gasteiger partial charge on any atom is 0.300 e. The lowest BCUT2D eigenvalue weighted by Crippen LogP contribution is -2.03. The van der Waals surface area contributed by atoms with Crippen LogP contribution in [0.5, 0.6) is 0 Å². The summed E-state index contributed by atoms with van der Waals surface area (Å²) in [7, 11) is 0. The van der Waals surface area contributed by atoms with Gasteiger partial charge in [0.05, 0.1) is 11.5 Å². The zero-order chi connectivity index (χ0) is 15.1. The quantitative estimate of drug-likeness (QED) is 0.585. The molecule has 0 atom stereocenters. The minimum atomic E-state index is -0.833. The normalized spacial score (nSPS) is 10.7. The molecule has 0 aliphatic carbocycles. The van der Waals surface area contributed by atoms with E-state index in [4.69, 9.17) is 27.2 Å². The number of nitrogens with one attached hydrogen (secondary N) is 1. The highest BCUT2D eigenvalue weighted by molar-refractivity contribution is 6.33. The molecular formula is C13H15ClN4O2. The van der Waals surface area contributed by atoms with Crippen LogP contribution in [0.3, 0.4) is 0 Å². The van der Waals surface area contributed by atoms with Crippen LogP contribution in [0, 0.1) is 0 Å². The van der Waals surface area contributed by atoms with Gasteiger partial charge in [-0.05, 0) is 13.0 Å². The molecule has 0 aliphatic heterocycles. The predicted octanol–water partition coefficient (Wildman–Crippen LogP) is 2.83. The maximum atomic E-state index is 9.00. The number of aromatic nitrogens is 2. The average molecular weight is 295 g/mol. The number of carboxylic acids is 1. The van der Waals surface area contributed by atoms with Crippen molar-refractivity contribution in [1.29, 1.82) is 0 Å². The summed E-state index contributed by atoms with van der Waals surface area (Å²) in [6.45, 7) is 2.80. The molecule has 0 bridgehead atoms. The number of H-pyrrole nitrogens is 1. The lowest BCUT2D eigenvalue weighted by atomic mass is 10.1. The Morgan fingerprint density at radius 3 is 2.55 bits per heavy atom. The number of aliphatic imine (C=N–C) groups is 1. The Hall–Kier alpha value is -2.34. The first-order chi connectivity index (χ1) is 9.40. The number of hydrogen-bond acceptors (Lipinski definition) is 3. The molecule has 2 aromatic rings. The van der Waals surface area contributed by atoms with Crippen molar-refractivity contribution in [3.63, 3.8) is 0 Å². The fraction of sp³-hybridized carbons (Fsp3) is 0.154. The van der Waals surface area contributed by atoms with E-state index in [1.807, 2.05) is 24.3 Å². The van der Waals surface area contributed by atoms with E-state index in [9.17, 15) is 0 Å². The van der Waals surface area contributed by atoms with Crippen LogP contribution in [-0.4, -0.2) is 27.1 Å². The number of nitrogens with two attached hydrogens (primary N) is 1. The van der Waals surface area contributed by atoms with Gasteiger partial charge < -0.3 is 10.8 Å². The average Bonchev–Trinajstić information content (AvgIpc) is 2.76. The molecule has 4 N–H and O–H groups in total. The molecule has 0 spiro atoms. The molecular weight excluding hydrogens is 280 g/mol. The van der Waals surface area contributed by atoms with E-state index in [2.05, 4.69) is 15.2 Å². The molecule has 1 aromatic carbocycles. The summed E-state index contributed by atoms with van der Waals surface area (Å²) in [5, 5.41) is 15.0. The molecule has 7 heteroatoms. The van der Waals surface area contributed by atoms with Gasteiger partial charge in [0.2, 0.25) is 0 Å². The summed E-state index contributed by atoms with van der Waals surface area (Å²) in [6, 6.07) is 9.34. The minimum absolute atomic E-state index is 0.470. The Morgan fingerprint density at radius 2 is 2.00 bits per heavy atom. The molecule has 0 saturated heterocycles. The Balaban J connectivity index is 0.000000444. The first-order valence-electron chi connectivity index (χ1n) is 5.70. The van der Waals surface area contributed by atoms with E-state index in [-0.39, 0.29) is 0 Å². The van der Waals surface area contributed by atoms with Crippen molar-refractivity contribution in [1.82, 2.24) is 10.2 Å². The summed E-state index contributed by atoms with van der Waals surface area (Å²) in [5.41, 5.74) is 7.19. The van der Waals surface area contributed by atoms with E-state index >= 15 is 0 Å². The van der Waals surface area contributed by atoms with Crippen LogP contribution >= 0.6 is 11.6 Å². The van der Waals surface area contributed by atoms with E-state index in [0.29, 0.717) is 16.7 Å². The number of hydrogen-bond donors (Lipinski definition) is 3. The van der Waals surface area contributed by atoms with Crippen LogP contribution in [-0.2, 0) is 4.79 Å². The minimum Gasteiger partial charge on any atom is -0.481 e. The second-order valence-electron chi connectivity index (χ2n) is 3.89. The van der Waals surface area contributed by atoms with Crippen LogP contribution in [0.1, 0.15) is 13.8 Å². The number of benzene rings is 1. The van der Waals surface area contributed by atoms with Crippen LogP contribution < -0.4 is 5.73 Å². The topological polar surface area (TPSA) is 104 Å². The fourth-order valence-electron chi connectivity index (χ4n) is 1.37. The van der Waals surface area contributed by atoms with Crippen LogP contribution in [0.4, 0.5) is 5.82 Å². The van der Waals surface area contributed by atoms with E-state index < -0.39 is 5.97 Å². The van der Waals surface area contributed by atoms with Gasteiger partial charge in [-0.2, -0.15) is 5.10 Å². The summed E-state index contributed by atoms with van der Waals surface area (Å²) in [4.78, 5) is 13.0. The van der Waals surface area contributed by atoms with Gasteiger partial charge in [0.15, 0.2) is 5.82 Å². The highest BCUT2D eigenvalue weighted by Crippen LogP contribution is 2.27. The van der Waals surface area contributed by atoms with Crippen LogP contribution in [0.25, 0.3) is 11.3 Å². The Kier molecular flexibility index (Phi) is 5.74. The molecule has 1 aromatic heterocycles. The van der Waals surface area contributed by atoms with Crippen molar-refractivity contribution in [2.75, 3.05) is 0 Å². The van der Waals surface area contributed by atoms with Crippen molar-refractivity contribution in [3.05, 3.63) is 35.4 Å². The maximum absolute atomic E-state index is 9.00. The van der Waals surface area contributed by atoms with Crippen LogP contribution in [0.15, 0.2) is 35.3 Å². The predicted molar refractivity (Wildman–Crippen MR) is 79.3 cm³/mol. The van der Waals surface area contributed by atoms with Gasteiger partial charge in [-0.15, -0.1) is 0 Å². The number of halogens is 1. The highest BCUT2D eigenvalue weighted by Gasteiger charge is 2.05. The number of carboxylic acid groups (broad SMARTS) is 1. The summed E-state index contributed by atoms with van der Waals surface area (Å²) < 4.78 is 0. The van der Waals surface area contributed by atoms with Gasteiger partial charge in [0, 0.05) is 23.6 Å². The van der Waals surface area contributed by atoms with E-state index in [1.165, 1.54) is 0 Å². The van der Waals surface area contributed by atoms with Crippen molar-refractivity contribution in [3.8, 4) is 11.3 Å². The zero-order valence-corrected chi connectivity index (χ0v) is 11.8. The zero-order valence-electron chi connectivity index (χ0n) is 11.1. The third-order valence-corrected chi connectivity index (χ3v) is 2.35. The van der Waals surface area contributed by atoms with Crippen molar-refractivity contribution >= 4 is 29.2 Å². The van der Waals surface area contributed by atoms with Gasteiger partial charge in [0.1, 0.15) is 0 Å². The monoisotopic (exact) mass is 294 g/mol. The third-order valence-electron chi connectivity index (χ3n) is 2.02. The number of rotatable bonds is 2. The van der Waals surface area contributed by atoms with Gasteiger partial charge in [-0.25, -0.2) is 4.99 Å². The Morgan fingerprint density at radius 1 is 1.40 bits per heavy atom. The molecule has 0 amide bonds. The Labute approximate surface area is 121 Å². The molecule has 0 fully saturated rings. The number of aromatic amines is 1. The summed E-state index contributed by atoms with van der Waals surface area (Å²) in [5.74, 6) is 0.187. The molecule has 1 heterocycles. The van der Waals surface area contributed by atoms with Crippen LogP contribution in [0.2, 0.25) is 5.02 Å². The molecule has 106 valence electrons. The van der Waals surface area contributed by atoms with E-state index in [0.717, 1.165) is 18.2 Å². The van der Waals surface area contributed by atoms with Gasteiger partial charge in [-0.1, -0.05) is 29.8 Å². The van der Waals surface area contributed by atoms with Gasteiger partial charge >= 0.3 is 0 Å². The fourth-order valence-corrected chi connectivity index (χ4v) is 1.60. The summed E-state index contributed by atoms with van der Waals surface area (Å²) >= 11 is 6.07. The Bertz CT molecular complexity index is 614. The lowest BCUT2D eigenvalue weighted by molar-refractivity contribution is -0.134. The molecule has 20 heavy (non-hydrogen) atoms. The number of carbonyl (C=O) groups is 1. The largest absolute Gasteiger partial charge is 0.481 e. The number of nitrogens with zero attached hydrogens (tertiary/aromatic N) is 2. The standard InChI is InChI=1S/C11H11ClN4.C2H4O2/c1-7(13)14-11-6-10(15-16-11)8-4-2-3-5-9(8)12;1-2(3)4/h2-6H,1H3,(H3,13,14,15,16);1H3,(H,3,4). The van der Waals surface area contributed by atoms with Gasteiger partial charge in [0.25, 0.3) is 5.97 Å². The summed E-state index contributed by atoms with van der Waals surface area (Å²) in [6.07, 6.45) is 0. The molecule has 6 nitrogen and oxygen atoms in total. The third kappa shape index (κ3) is 5.11. The SMILES string of the molecule is CC(=O)O.CC(N)=Nc1cc(-c2ccccc2Cl)[nH]n1. The van der Waals surface area contributed by atoms with E-state index in [1.54, 1.807) is 13.0 Å². The molecule has 0 radical (unpaired) electrons.